The summed E-state index contributed by atoms with van der Waals surface area (Å²) >= 11 is 0. The van der Waals surface area contributed by atoms with Gasteiger partial charge in [0.15, 0.2) is 0 Å². The summed E-state index contributed by atoms with van der Waals surface area (Å²) in [5.41, 5.74) is 12.5. The van der Waals surface area contributed by atoms with E-state index < -0.39 is 0 Å². The normalized spacial score (nSPS) is 12.7. The molecule has 3 heteroatoms. The summed E-state index contributed by atoms with van der Waals surface area (Å²) < 4.78 is 1.86. The molecule has 3 nitrogen and oxygen atoms in total. The van der Waals surface area contributed by atoms with E-state index in [0.29, 0.717) is 0 Å². The van der Waals surface area contributed by atoms with Gasteiger partial charge >= 0.3 is 0 Å². The van der Waals surface area contributed by atoms with Crippen molar-refractivity contribution >= 4 is 0 Å². The summed E-state index contributed by atoms with van der Waals surface area (Å²) in [6.07, 6.45) is 3.84. The van der Waals surface area contributed by atoms with Crippen LogP contribution in [0.3, 0.4) is 0 Å². The van der Waals surface area contributed by atoms with Crippen molar-refractivity contribution in [1.29, 1.82) is 0 Å². The molecule has 0 radical (unpaired) electrons. The maximum absolute atomic E-state index is 6.36. The minimum Gasteiger partial charge on any atom is -0.324 e. The smallest absolute Gasteiger partial charge is 0.0669 e. The number of aromatic nitrogens is 2. The quantitative estimate of drug-likeness (QED) is 0.915. The zero-order valence-corrected chi connectivity index (χ0v) is 12.3. The van der Waals surface area contributed by atoms with Crippen molar-refractivity contribution in [3.8, 4) is 0 Å². The SMILES string of the molecule is CCc1nn(C)cc1C(N)Cc1cc(C)cc(C)c1. The molecular formula is C16H23N3. The van der Waals surface area contributed by atoms with Crippen molar-refractivity contribution in [1.82, 2.24) is 9.78 Å². The lowest BCUT2D eigenvalue weighted by molar-refractivity contribution is 0.711. The van der Waals surface area contributed by atoms with Crippen LogP contribution in [0, 0.1) is 13.8 Å². The maximum atomic E-state index is 6.36. The van der Waals surface area contributed by atoms with E-state index in [0.717, 1.165) is 18.5 Å². The molecular weight excluding hydrogens is 234 g/mol. The third-order valence-corrected chi connectivity index (χ3v) is 3.41. The number of nitrogens with zero attached hydrogens (tertiary/aromatic N) is 2. The van der Waals surface area contributed by atoms with E-state index in [-0.39, 0.29) is 6.04 Å². The van der Waals surface area contributed by atoms with Gasteiger partial charge in [0.25, 0.3) is 0 Å². The molecule has 1 unspecified atom stereocenters. The van der Waals surface area contributed by atoms with Gasteiger partial charge < -0.3 is 5.73 Å². The van der Waals surface area contributed by atoms with Gasteiger partial charge in [0.1, 0.15) is 0 Å². The monoisotopic (exact) mass is 257 g/mol. The van der Waals surface area contributed by atoms with E-state index in [9.17, 15) is 0 Å². The molecule has 0 amide bonds. The zero-order valence-electron chi connectivity index (χ0n) is 12.3. The van der Waals surface area contributed by atoms with Crippen LogP contribution in [0.25, 0.3) is 0 Å². The van der Waals surface area contributed by atoms with Gasteiger partial charge in [-0.1, -0.05) is 36.2 Å². The van der Waals surface area contributed by atoms with E-state index in [1.54, 1.807) is 0 Å². The number of hydrogen-bond donors (Lipinski definition) is 1. The Hall–Kier alpha value is -1.61. The highest BCUT2D eigenvalue weighted by Crippen LogP contribution is 2.21. The summed E-state index contributed by atoms with van der Waals surface area (Å²) in [7, 11) is 1.95. The average Bonchev–Trinajstić information content (AvgIpc) is 2.69. The highest BCUT2D eigenvalue weighted by atomic mass is 15.3. The van der Waals surface area contributed by atoms with Gasteiger partial charge in [-0.25, -0.2) is 0 Å². The molecule has 1 atom stereocenters. The Morgan fingerprint density at radius 2 is 1.84 bits per heavy atom. The first-order valence-electron chi connectivity index (χ1n) is 6.84. The topological polar surface area (TPSA) is 43.8 Å². The van der Waals surface area contributed by atoms with Crippen molar-refractivity contribution < 1.29 is 0 Å². The Kier molecular flexibility index (Phi) is 4.05. The second-order valence-corrected chi connectivity index (χ2v) is 5.36. The second kappa shape index (κ2) is 5.57. The van der Waals surface area contributed by atoms with Gasteiger partial charge in [-0.3, -0.25) is 4.68 Å². The first-order chi connectivity index (χ1) is 8.99. The Labute approximate surface area is 115 Å². The molecule has 0 aliphatic carbocycles. The van der Waals surface area contributed by atoms with Crippen molar-refractivity contribution in [3.63, 3.8) is 0 Å². The van der Waals surface area contributed by atoms with E-state index >= 15 is 0 Å². The highest BCUT2D eigenvalue weighted by molar-refractivity contribution is 5.31. The molecule has 19 heavy (non-hydrogen) atoms. The summed E-state index contributed by atoms with van der Waals surface area (Å²) in [6, 6.07) is 6.64. The fourth-order valence-corrected chi connectivity index (χ4v) is 2.69. The van der Waals surface area contributed by atoms with E-state index in [2.05, 4.69) is 44.1 Å². The van der Waals surface area contributed by atoms with Crippen LogP contribution in [0.4, 0.5) is 0 Å². The molecule has 1 aromatic carbocycles. The van der Waals surface area contributed by atoms with E-state index in [1.165, 1.54) is 22.3 Å². The largest absolute Gasteiger partial charge is 0.324 e. The second-order valence-electron chi connectivity index (χ2n) is 5.36. The van der Waals surface area contributed by atoms with Gasteiger partial charge in [0.2, 0.25) is 0 Å². The van der Waals surface area contributed by atoms with Crippen LogP contribution < -0.4 is 5.73 Å². The number of rotatable bonds is 4. The third-order valence-electron chi connectivity index (χ3n) is 3.41. The standard InChI is InChI=1S/C16H23N3/c1-5-16-14(10-19(4)18-16)15(17)9-13-7-11(2)6-12(3)8-13/h6-8,10,15H,5,9,17H2,1-4H3. The summed E-state index contributed by atoms with van der Waals surface area (Å²) in [5, 5.41) is 4.46. The van der Waals surface area contributed by atoms with Crippen LogP contribution in [-0.2, 0) is 19.9 Å². The highest BCUT2D eigenvalue weighted by Gasteiger charge is 2.14. The lowest BCUT2D eigenvalue weighted by atomic mass is 9.97. The fraction of sp³-hybridized carbons (Fsp3) is 0.438. The Morgan fingerprint density at radius 1 is 1.21 bits per heavy atom. The minimum atomic E-state index is 0.0184. The Bertz CT molecular complexity index is 549. The molecule has 0 aliphatic rings. The Morgan fingerprint density at radius 3 is 2.42 bits per heavy atom. The molecule has 2 aromatic rings. The van der Waals surface area contributed by atoms with Gasteiger partial charge in [-0.15, -0.1) is 0 Å². The molecule has 1 aromatic heterocycles. The van der Waals surface area contributed by atoms with Crippen LogP contribution in [0.15, 0.2) is 24.4 Å². The maximum Gasteiger partial charge on any atom is 0.0669 e. The Balaban J connectivity index is 2.22. The number of nitrogens with two attached hydrogens (primary N) is 1. The van der Waals surface area contributed by atoms with Crippen LogP contribution in [0.1, 0.15) is 40.9 Å². The number of aryl methyl sites for hydroxylation is 4. The average molecular weight is 257 g/mol. The molecule has 1 heterocycles. The van der Waals surface area contributed by atoms with Gasteiger partial charge in [0, 0.05) is 24.8 Å². The van der Waals surface area contributed by atoms with Gasteiger partial charge in [-0.2, -0.15) is 5.10 Å². The zero-order chi connectivity index (χ0) is 14.0. The predicted octanol–water partition coefficient (Wildman–Crippen LogP) is 2.84. The van der Waals surface area contributed by atoms with Crippen molar-refractivity contribution in [3.05, 3.63) is 52.3 Å². The van der Waals surface area contributed by atoms with Crippen molar-refractivity contribution in [2.45, 2.75) is 39.7 Å². The predicted molar refractivity (Wildman–Crippen MR) is 79.1 cm³/mol. The van der Waals surface area contributed by atoms with E-state index in [4.69, 9.17) is 5.73 Å². The van der Waals surface area contributed by atoms with Crippen LogP contribution in [0.5, 0.6) is 0 Å². The molecule has 0 saturated carbocycles. The van der Waals surface area contributed by atoms with Crippen LogP contribution in [0.2, 0.25) is 0 Å². The third kappa shape index (κ3) is 3.24. The molecule has 102 valence electrons. The first-order valence-corrected chi connectivity index (χ1v) is 6.84. The summed E-state index contributed by atoms with van der Waals surface area (Å²) in [4.78, 5) is 0. The lowest BCUT2D eigenvalue weighted by Crippen LogP contribution is -2.14. The number of benzene rings is 1. The van der Waals surface area contributed by atoms with Crippen molar-refractivity contribution in [2.24, 2.45) is 12.8 Å². The minimum absolute atomic E-state index is 0.0184. The van der Waals surface area contributed by atoms with Gasteiger partial charge in [-0.05, 0) is 32.3 Å². The molecule has 0 fully saturated rings. The summed E-state index contributed by atoms with van der Waals surface area (Å²) in [6.45, 7) is 6.38. The fourth-order valence-electron chi connectivity index (χ4n) is 2.69. The molecule has 0 saturated heterocycles. The first kappa shape index (κ1) is 13.8. The van der Waals surface area contributed by atoms with Crippen molar-refractivity contribution in [2.75, 3.05) is 0 Å². The molecule has 0 bridgehead atoms. The molecule has 2 N–H and O–H groups in total. The molecule has 0 aliphatic heterocycles. The molecule has 0 spiro atoms. The number of hydrogen-bond acceptors (Lipinski definition) is 2. The summed E-state index contributed by atoms with van der Waals surface area (Å²) in [5.74, 6) is 0. The lowest BCUT2D eigenvalue weighted by Gasteiger charge is -2.12. The van der Waals surface area contributed by atoms with Gasteiger partial charge in [0.05, 0.1) is 5.69 Å². The van der Waals surface area contributed by atoms with Crippen LogP contribution >= 0.6 is 0 Å². The van der Waals surface area contributed by atoms with E-state index in [1.807, 2.05) is 17.9 Å². The van der Waals surface area contributed by atoms with Crippen LogP contribution in [-0.4, -0.2) is 9.78 Å². The molecule has 2 rings (SSSR count).